The van der Waals surface area contributed by atoms with E-state index in [4.69, 9.17) is 12.2 Å². The molecule has 0 bridgehead atoms. The van der Waals surface area contributed by atoms with Gasteiger partial charge in [-0.25, -0.2) is 0 Å². The zero-order valence-corrected chi connectivity index (χ0v) is 20.0. The van der Waals surface area contributed by atoms with Crippen LogP contribution in [0.15, 0.2) is 78.9 Å². The zero-order chi connectivity index (χ0) is 24.7. The molecular formula is C26H26N4O3S. The van der Waals surface area contributed by atoms with Crippen molar-refractivity contribution in [2.75, 3.05) is 5.32 Å². The molecule has 0 fully saturated rings. The summed E-state index contributed by atoms with van der Waals surface area (Å²) in [5, 5.41) is 5.26. The van der Waals surface area contributed by atoms with Gasteiger partial charge in [0.2, 0.25) is 0 Å². The van der Waals surface area contributed by atoms with E-state index in [1.54, 1.807) is 66.7 Å². The molecule has 4 N–H and O–H groups in total. The van der Waals surface area contributed by atoms with Gasteiger partial charge in [-0.1, -0.05) is 51.1 Å². The van der Waals surface area contributed by atoms with Crippen LogP contribution in [0.2, 0.25) is 0 Å². The highest BCUT2D eigenvalue weighted by Crippen LogP contribution is 2.22. The number of hydrogen-bond donors (Lipinski definition) is 4. The van der Waals surface area contributed by atoms with Gasteiger partial charge in [-0.3, -0.25) is 30.6 Å². The lowest BCUT2D eigenvalue weighted by molar-refractivity contribution is 0.0934. The largest absolute Gasteiger partial charge is 0.322 e. The summed E-state index contributed by atoms with van der Waals surface area (Å²) in [6, 6.07) is 22.5. The number of nitrogens with one attached hydrogen (secondary N) is 4. The summed E-state index contributed by atoms with van der Waals surface area (Å²) in [5.74, 6) is -1.08. The molecule has 8 heteroatoms. The van der Waals surface area contributed by atoms with Gasteiger partial charge in [-0.05, 0) is 71.7 Å². The third kappa shape index (κ3) is 6.73. The molecule has 3 aromatic rings. The second-order valence-corrected chi connectivity index (χ2v) is 9.00. The van der Waals surface area contributed by atoms with Crippen LogP contribution in [0.5, 0.6) is 0 Å². The van der Waals surface area contributed by atoms with E-state index in [1.165, 1.54) is 0 Å². The highest BCUT2D eigenvalue weighted by molar-refractivity contribution is 7.80. The number of carbonyl (C=O) groups is 3. The van der Waals surface area contributed by atoms with Crippen LogP contribution in [0.3, 0.4) is 0 Å². The molecule has 0 aliphatic heterocycles. The maximum absolute atomic E-state index is 12.5. The van der Waals surface area contributed by atoms with Gasteiger partial charge in [0.15, 0.2) is 5.11 Å². The van der Waals surface area contributed by atoms with Gasteiger partial charge < -0.3 is 5.32 Å². The molecule has 3 aromatic carbocycles. The molecule has 0 unspecified atom stereocenters. The van der Waals surface area contributed by atoms with E-state index < -0.39 is 5.91 Å². The molecule has 3 amide bonds. The molecule has 0 aliphatic rings. The average molecular weight is 475 g/mol. The molecule has 0 aliphatic carbocycles. The van der Waals surface area contributed by atoms with Crippen LogP contribution < -0.4 is 21.5 Å². The van der Waals surface area contributed by atoms with Crippen LogP contribution in [0.4, 0.5) is 5.69 Å². The fourth-order valence-electron chi connectivity index (χ4n) is 3.01. The molecule has 3 rings (SSSR count). The highest BCUT2D eigenvalue weighted by Gasteiger charge is 2.15. The van der Waals surface area contributed by atoms with E-state index in [0.29, 0.717) is 22.4 Å². The van der Waals surface area contributed by atoms with E-state index in [-0.39, 0.29) is 22.3 Å². The number of thiocarbonyl (C=S) groups is 1. The first-order valence-corrected chi connectivity index (χ1v) is 11.0. The molecule has 0 saturated carbocycles. The molecule has 0 saturated heterocycles. The van der Waals surface area contributed by atoms with Crippen LogP contribution in [-0.2, 0) is 5.41 Å². The summed E-state index contributed by atoms with van der Waals surface area (Å²) in [4.78, 5) is 36.9. The van der Waals surface area contributed by atoms with Crippen molar-refractivity contribution in [3.63, 3.8) is 0 Å². The Bertz CT molecular complexity index is 1190. The molecule has 0 aromatic heterocycles. The molecule has 174 valence electrons. The first kappa shape index (κ1) is 24.6. The van der Waals surface area contributed by atoms with Gasteiger partial charge in [-0.2, -0.15) is 0 Å². The Kier molecular flexibility index (Phi) is 7.75. The molecular weight excluding hydrogens is 448 g/mol. The lowest BCUT2D eigenvalue weighted by Crippen LogP contribution is -2.48. The SMILES string of the molecule is CC(C)(C)c1ccc(C(=O)Nc2ccc(C(=O)NNC(=S)NC(=O)c3ccccc3)cc2)cc1. The number of hydrogen-bond acceptors (Lipinski definition) is 4. The van der Waals surface area contributed by atoms with E-state index in [2.05, 4.69) is 42.3 Å². The fraction of sp³-hybridized carbons (Fsp3) is 0.154. The first-order valence-electron chi connectivity index (χ1n) is 10.6. The van der Waals surface area contributed by atoms with Crippen molar-refractivity contribution in [3.8, 4) is 0 Å². The Morgan fingerprint density at radius 2 is 1.18 bits per heavy atom. The predicted octanol–water partition coefficient (Wildman–Crippen LogP) is 4.19. The Morgan fingerprint density at radius 1 is 0.647 bits per heavy atom. The van der Waals surface area contributed by atoms with Crippen molar-refractivity contribution in [1.82, 2.24) is 16.2 Å². The Hall–Kier alpha value is -4.04. The summed E-state index contributed by atoms with van der Waals surface area (Å²) >= 11 is 5.04. The summed E-state index contributed by atoms with van der Waals surface area (Å²) in [6.45, 7) is 6.34. The number of hydrazine groups is 1. The predicted molar refractivity (Wildman–Crippen MR) is 137 cm³/mol. The Balaban J connectivity index is 1.50. The number of rotatable bonds is 4. The van der Waals surface area contributed by atoms with Gasteiger partial charge in [0.05, 0.1) is 0 Å². The number of carbonyl (C=O) groups excluding carboxylic acids is 3. The minimum Gasteiger partial charge on any atom is -0.322 e. The minimum absolute atomic E-state index is 0.0114. The van der Waals surface area contributed by atoms with Crippen molar-refractivity contribution in [2.45, 2.75) is 26.2 Å². The quantitative estimate of drug-likeness (QED) is 0.336. The van der Waals surface area contributed by atoms with E-state index in [0.717, 1.165) is 5.56 Å². The van der Waals surface area contributed by atoms with Crippen molar-refractivity contribution in [3.05, 3.63) is 101 Å². The maximum Gasteiger partial charge on any atom is 0.269 e. The lowest BCUT2D eigenvalue weighted by Gasteiger charge is -2.19. The van der Waals surface area contributed by atoms with Crippen LogP contribution in [0, 0.1) is 0 Å². The van der Waals surface area contributed by atoms with Gasteiger partial charge in [-0.15, -0.1) is 0 Å². The monoisotopic (exact) mass is 474 g/mol. The summed E-state index contributed by atoms with van der Waals surface area (Å²) in [6.07, 6.45) is 0. The topological polar surface area (TPSA) is 99.3 Å². The first-order chi connectivity index (χ1) is 16.1. The molecule has 7 nitrogen and oxygen atoms in total. The van der Waals surface area contributed by atoms with Crippen LogP contribution >= 0.6 is 12.2 Å². The molecule has 34 heavy (non-hydrogen) atoms. The molecule has 0 radical (unpaired) electrons. The van der Waals surface area contributed by atoms with Crippen molar-refractivity contribution >= 4 is 40.7 Å². The average Bonchev–Trinajstić information content (AvgIpc) is 2.83. The number of benzene rings is 3. The third-order valence-electron chi connectivity index (χ3n) is 4.97. The fourth-order valence-corrected chi connectivity index (χ4v) is 3.16. The summed E-state index contributed by atoms with van der Waals surface area (Å²) in [5.41, 5.74) is 7.97. The Morgan fingerprint density at radius 3 is 1.76 bits per heavy atom. The summed E-state index contributed by atoms with van der Waals surface area (Å²) in [7, 11) is 0. The second-order valence-electron chi connectivity index (χ2n) is 8.59. The van der Waals surface area contributed by atoms with E-state index in [1.807, 2.05) is 12.1 Å². The third-order valence-corrected chi connectivity index (χ3v) is 5.17. The second kappa shape index (κ2) is 10.7. The number of amides is 3. The normalized spacial score (nSPS) is 10.7. The standard InChI is InChI=1S/C26H26N4O3S/c1-26(2,3)20-13-9-18(10-14-20)22(31)27-21-15-11-19(12-16-21)24(33)29-30-25(34)28-23(32)17-7-5-4-6-8-17/h4-16H,1-3H3,(H,27,31)(H,29,33)(H2,28,30,32,34). The molecule has 0 spiro atoms. The summed E-state index contributed by atoms with van der Waals surface area (Å²) < 4.78 is 0. The van der Waals surface area contributed by atoms with Gasteiger partial charge in [0.1, 0.15) is 0 Å². The maximum atomic E-state index is 12.5. The van der Waals surface area contributed by atoms with E-state index >= 15 is 0 Å². The number of anilines is 1. The van der Waals surface area contributed by atoms with E-state index in [9.17, 15) is 14.4 Å². The van der Waals surface area contributed by atoms with Crippen molar-refractivity contribution < 1.29 is 14.4 Å². The van der Waals surface area contributed by atoms with Crippen molar-refractivity contribution in [1.29, 1.82) is 0 Å². The van der Waals surface area contributed by atoms with Crippen LogP contribution in [-0.4, -0.2) is 22.8 Å². The molecule has 0 atom stereocenters. The zero-order valence-electron chi connectivity index (χ0n) is 19.1. The Labute approximate surface area is 203 Å². The minimum atomic E-state index is -0.452. The van der Waals surface area contributed by atoms with Crippen LogP contribution in [0.25, 0.3) is 0 Å². The van der Waals surface area contributed by atoms with Gasteiger partial charge >= 0.3 is 0 Å². The van der Waals surface area contributed by atoms with Crippen LogP contribution in [0.1, 0.15) is 57.4 Å². The van der Waals surface area contributed by atoms with Gasteiger partial charge in [0, 0.05) is 22.4 Å². The van der Waals surface area contributed by atoms with Gasteiger partial charge in [0.25, 0.3) is 17.7 Å². The smallest absolute Gasteiger partial charge is 0.269 e. The lowest BCUT2D eigenvalue weighted by atomic mass is 9.87. The molecule has 0 heterocycles. The van der Waals surface area contributed by atoms with Crippen molar-refractivity contribution in [2.24, 2.45) is 0 Å². The highest BCUT2D eigenvalue weighted by atomic mass is 32.1.